The van der Waals surface area contributed by atoms with Gasteiger partial charge in [0.2, 0.25) is 0 Å². The van der Waals surface area contributed by atoms with Gasteiger partial charge < -0.3 is 15.5 Å². The van der Waals surface area contributed by atoms with Crippen molar-refractivity contribution in [2.45, 2.75) is 13.0 Å². The number of halogens is 1. The Labute approximate surface area is 155 Å². The largest absolute Gasteiger partial charge is 0.356 e. The van der Waals surface area contributed by atoms with Gasteiger partial charge in [-0.05, 0) is 30.7 Å². The van der Waals surface area contributed by atoms with Crippen LogP contribution < -0.4 is 10.6 Å². The van der Waals surface area contributed by atoms with E-state index in [9.17, 15) is 0 Å². The normalized spacial score (nSPS) is 11.6. The molecule has 1 aromatic heterocycles. The predicted octanol–water partition coefficient (Wildman–Crippen LogP) is 2.57. The van der Waals surface area contributed by atoms with Crippen LogP contribution in [0.5, 0.6) is 0 Å². The van der Waals surface area contributed by atoms with Gasteiger partial charge in [-0.1, -0.05) is 48.0 Å². The van der Waals surface area contributed by atoms with Crippen LogP contribution in [0.25, 0.3) is 0 Å². The summed E-state index contributed by atoms with van der Waals surface area (Å²) in [7, 11) is 3.91. The molecule has 134 valence electrons. The Kier molecular flexibility index (Phi) is 8.22. The van der Waals surface area contributed by atoms with Crippen molar-refractivity contribution in [3.63, 3.8) is 0 Å². The molecule has 0 unspecified atom stereocenters. The maximum atomic E-state index is 5.79. The topological polar surface area (TPSA) is 52.6 Å². The summed E-state index contributed by atoms with van der Waals surface area (Å²) in [6.45, 7) is 3.52. The minimum Gasteiger partial charge on any atom is -0.356 e. The molecule has 0 saturated carbocycles. The zero-order chi connectivity index (χ0) is 17.9. The van der Waals surface area contributed by atoms with Crippen LogP contribution in [0.1, 0.15) is 11.1 Å². The molecule has 2 rings (SSSR count). The van der Waals surface area contributed by atoms with Crippen molar-refractivity contribution in [3.8, 4) is 0 Å². The first-order valence-electron chi connectivity index (χ1n) is 8.45. The molecule has 0 aliphatic carbocycles. The zero-order valence-corrected chi connectivity index (χ0v) is 15.6. The van der Waals surface area contributed by atoms with Gasteiger partial charge >= 0.3 is 0 Å². The van der Waals surface area contributed by atoms with Crippen molar-refractivity contribution >= 4 is 17.6 Å². The van der Waals surface area contributed by atoms with E-state index in [0.29, 0.717) is 5.15 Å². The summed E-state index contributed by atoms with van der Waals surface area (Å²) in [5.74, 6) is 0.815. The van der Waals surface area contributed by atoms with Crippen molar-refractivity contribution in [2.75, 3.05) is 33.7 Å². The second-order valence-electron chi connectivity index (χ2n) is 5.89. The van der Waals surface area contributed by atoms with Crippen LogP contribution in [-0.2, 0) is 13.0 Å². The van der Waals surface area contributed by atoms with Crippen molar-refractivity contribution in [1.82, 2.24) is 20.5 Å². The smallest absolute Gasteiger partial charge is 0.191 e. The Balaban J connectivity index is 1.63. The van der Waals surface area contributed by atoms with Gasteiger partial charge in [0.1, 0.15) is 5.15 Å². The Hall–Kier alpha value is -2.11. The first-order chi connectivity index (χ1) is 12.2. The minimum absolute atomic E-state index is 0.522. The minimum atomic E-state index is 0.522. The van der Waals surface area contributed by atoms with Crippen LogP contribution in [0.15, 0.2) is 53.7 Å². The van der Waals surface area contributed by atoms with Crippen molar-refractivity contribution in [3.05, 3.63) is 64.9 Å². The second kappa shape index (κ2) is 10.7. The van der Waals surface area contributed by atoms with E-state index in [1.165, 1.54) is 5.56 Å². The summed E-state index contributed by atoms with van der Waals surface area (Å²) in [5.41, 5.74) is 2.47. The van der Waals surface area contributed by atoms with E-state index in [0.717, 1.165) is 44.1 Å². The number of nitrogens with zero attached hydrogens (tertiary/aromatic N) is 3. The Morgan fingerprint density at radius 2 is 1.84 bits per heavy atom. The molecule has 5 nitrogen and oxygen atoms in total. The molecule has 2 N–H and O–H groups in total. The third kappa shape index (κ3) is 7.54. The number of hydrogen-bond donors (Lipinski definition) is 2. The summed E-state index contributed by atoms with van der Waals surface area (Å²) in [4.78, 5) is 10.6. The molecule has 0 fully saturated rings. The highest BCUT2D eigenvalue weighted by Gasteiger charge is 2.02. The first-order valence-corrected chi connectivity index (χ1v) is 8.82. The van der Waals surface area contributed by atoms with Crippen LogP contribution in [0.3, 0.4) is 0 Å². The molecule has 6 heteroatoms. The maximum absolute atomic E-state index is 5.79. The molecule has 0 spiro atoms. The molecular weight excluding hydrogens is 334 g/mol. The van der Waals surface area contributed by atoms with Gasteiger partial charge in [-0.25, -0.2) is 4.98 Å². The molecular formula is C19H26ClN5. The lowest BCUT2D eigenvalue weighted by molar-refractivity contribution is 0.331. The van der Waals surface area contributed by atoms with Gasteiger partial charge in [0.05, 0.1) is 0 Å². The van der Waals surface area contributed by atoms with E-state index in [1.807, 2.05) is 18.2 Å². The van der Waals surface area contributed by atoms with E-state index in [2.05, 4.69) is 56.8 Å². The number of rotatable bonds is 8. The lowest BCUT2D eigenvalue weighted by Gasteiger charge is -2.18. The number of guanidine groups is 1. The highest BCUT2D eigenvalue weighted by atomic mass is 35.5. The van der Waals surface area contributed by atoms with E-state index in [-0.39, 0.29) is 0 Å². The third-order valence-corrected chi connectivity index (χ3v) is 4.02. The molecule has 25 heavy (non-hydrogen) atoms. The predicted molar refractivity (Wildman–Crippen MR) is 105 cm³/mol. The second-order valence-corrected chi connectivity index (χ2v) is 6.28. The van der Waals surface area contributed by atoms with Crippen molar-refractivity contribution in [2.24, 2.45) is 4.99 Å². The lowest BCUT2D eigenvalue weighted by Crippen LogP contribution is -2.41. The van der Waals surface area contributed by atoms with Gasteiger partial charge in [-0.15, -0.1) is 0 Å². The van der Waals surface area contributed by atoms with Gasteiger partial charge in [0.25, 0.3) is 0 Å². The summed E-state index contributed by atoms with van der Waals surface area (Å²) in [6.07, 6.45) is 2.68. The van der Waals surface area contributed by atoms with Crippen LogP contribution in [0, 0.1) is 0 Å². The molecule has 0 amide bonds. The molecule has 0 saturated heterocycles. The third-order valence-electron chi connectivity index (χ3n) is 3.80. The van der Waals surface area contributed by atoms with E-state index >= 15 is 0 Å². The highest BCUT2D eigenvalue weighted by Crippen LogP contribution is 2.05. The number of aromatic nitrogens is 1. The highest BCUT2D eigenvalue weighted by molar-refractivity contribution is 6.29. The molecule has 2 aromatic rings. The summed E-state index contributed by atoms with van der Waals surface area (Å²) in [6, 6.07) is 14.3. The summed E-state index contributed by atoms with van der Waals surface area (Å²) >= 11 is 5.79. The number of nitrogens with one attached hydrogen (secondary N) is 2. The molecule has 0 radical (unpaired) electrons. The molecule has 0 atom stereocenters. The Morgan fingerprint density at radius 3 is 2.52 bits per heavy atom. The molecule has 0 aliphatic heterocycles. The molecule has 1 aromatic carbocycles. The van der Waals surface area contributed by atoms with Gasteiger partial charge in [-0.2, -0.15) is 0 Å². The number of hydrogen-bond acceptors (Lipinski definition) is 3. The van der Waals surface area contributed by atoms with Crippen molar-refractivity contribution in [1.29, 1.82) is 0 Å². The maximum Gasteiger partial charge on any atom is 0.191 e. The standard InChI is InChI=1S/C19H26ClN5/c1-21-19(22-11-10-16-8-9-18(20)24-14-16)23-12-13-25(2)15-17-6-4-3-5-7-17/h3-9,14H,10-13,15H2,1-2H3,(H2,21,22,23). The monoisotopic (exact) mass is 359 g/mol. The van der Waals surface area contributed by atoms with Crippen LogP contribution >= 0.6 is 11.6 Å². The number of benzene rings is 1. The van der Waals surface area contributed by atoms with Gasteiger partial charge in [0.15, 0.2) is 5.96 Å². The molecule has 0 bridgehead atoms. The molecule has 0 aliphatic rings. The van der Waals surface area contributed by atoms with E-state index in [1.54, 1.807) is 13.2 Å². The fraction of sp³-hybridized carbons (Fsp3) is 0.368. The first kappa shape index (κ1) is 19.2. The van der Waals surface area contributed by atoms with Gasteiger partial charge in [0, 0.05) is 39.4 Å². The summed E-state index contributed by atoms with van der Waals surface area (Å²) in [5, 5.41) is 7.18. The van der Waals surface area contributed by atoms with Crippen LogP contribution in [0.2, 0.25) is 5.15 Å². The van der Waals surface area contributed by atoms with E-state index < -0.39 is 0 Å². The van der Waals surface area contributed by atoms with E-state index in [4.69, 9.17) is 11.6 Å². The molecule has 1 heterocycles. The zero-order valence-electron chi connectivity index (χ0n) is 14.9. The number of aliphatic imine (C=N–C) groups is 1. The SMILES string of the molecule is CN=C(NCCc1ccc(Cl)nc1)NCCN(C)Cc1ccccc1. The lowest BCUT2D eigenvalue weighted by atomic mass is 10.2. The fourth-order valence-electron chi connectivity index (χ4n) is 2.44. The average Bonchev–Trinajstić information content (AvgIpc) is 2.63. The van der Waals surface area contributed by atoms with Gasteiger partial charge in [-0.3, -0.25) is 4.99 Å². The Bertz CT molecular complexity index is 643. The Morgan fingerprint density at radius 1 is 1.08 bits per heavy atom. The summed E-state index contributed by atoms with van der Waals surface area (Å²) < 4.78 is 0. The number of likely N-dealkylation sites (N-methyl/N-ethyl adjacent to an activating group) is 1. The quantitative estimate of drug-likeness (QED) is 0.432. The van der Waals surface area contributed by atoms with Crippen LogP contribution in [0.4, 0.5) is 0 Å². The average molecular weight is 360 g/mol. The van der Waals surface area contributed by atoms with Crippen molar-refractivity contribution < 1.29 is 0 Å². The number of pyridine rings is 1. The fourth-order valence-corrected chi connectivity index (χ4v) is 2.55. The van der Waals surface area contributed by atoms with Crippen LogP contribution in [-0.4, -0.2) is 49.6 Å².